The average Bonchev–Trinajstić information content (AvgIpc) is 2.30. The quantitative estimate of drug-likeness (QED) is 0.761. The predicted molar refractivity (Wildman–Crippen MR) is 64.5 cm³/mol. The van der Waals surface area contributed by atoms with Crippen LogP contribution in [0.1, 0.15) is 25.7 Å². The van der Waals surface area contributed by atoms with Crippen LogP contribution in [0.3, 0.4) is 0 Å². The molecule has 92 valence electrons. The maximum atomic E-state index is 7.65. The van der Waals surface area contributed by atoms with Crippen molar-refractivity contribution in [3.05, 3.63) is 0 Å². The van der Waals surface area contributed by atoms with Crippen LogP contribution in [-0.4, -0.2) is 50.8 Å². The highest BCUT2D eigenvalue weighted by atomic mass is 16.5. The summed E-state index contributed by atoms with van der Waals surface area (Å²) in [7, 11) is 0. The Morgan fingerprint density at radius 3 is 2.44 bits per heavy atom. The summed E-state index contributed by atoms with van der Waals surface area (Å²) in [5.41, 5.74) is 0.587. The molecule has 0 aromatic rings. The standard InChI is InChI=1S/C13H24N2O/c1-5-14-6-2-13(1)3-7-15(8-4-13)9-12-10-16-11-12/h12,14H,1-11H2/i/hD. The second-order valence-electron chi connectivity index (χ2n) is 5.87. The monoisotopic (exact) mass is 225 g/mol. The number of hydrogen-bond donors (Lipinski definition) is 1. The zero-order valence-electron chi connectivity index (χ0n) is 11.2. The van der Waals surface area contributed by atoms with Gasteiger partial charge in [-0.3, -0.25) is 0 Å². The van der Waals surface area contributed by atoms with Gasteiger partial charge < -0.3 is 14.9 Å². The average molecular weight is 225 g/mol. The first-order valence-corrected chi connectivity index (χ1v) is 6.80. The summed E-state index contributed by atoms with van der Waals surface area (Å²) in [6, 6.07) is 0. The van der Waals surface area contributed by atoms with Crippen LogP contribution in [-0.2, 0) is 4.74 Å². The number of hydrogen-bond acceptors (Lipinski definition) is 3. The zero-order chi connectivity index (χ0) is 11.7. The van der Waals surface area contributed by atoms with E-state index in [2.05, 4.69) is 4.90 Å². The number of rotatable bonds is 2. The van der Waals surface area contributed by atoms with Gasteiger partial charge in [-0.1, -0.05) is 0 Å². The summed E-state index contributed by atoms with van der Waals surface area (Å²) in [6.45, 7) is 7.72. The van der Waals surface area contributed by atoms with E-state index < -0.39 is 0 Å². The van der Waals surface area contributed by atoms with Crippen LogP contribution in [0.2, 0.25) is 1.41 Å². The molecule has 3 heterocycles. The largest absolute Gasteiger partial charge is 0.381 e. The molecule has 0 aromatic carbocycles. The van der Waals surface area contributed by atoms with Gasteiger partial charge in [-0.25, -0.2) is 0 Å². The van der Waals surface area contributed by atoms with Crippen LogP contribution in [0.15, 0.2) is 0 Å². The lowest BCUT2D eigenvalue weighted by Gasteiger charge is -2.45. The summed E-state index contributed by atoms with van der Waals surface area (Å²) in [4.78, 5) is 2.63. The van der Waals surface area contributed by atoms with Crippen LogP contribution in [0.5, 0.6) is 0 Å². The second kappa shape index (κ2) is 4.63. The molecule has 1 spiro atoms. The molecule has 0 atom stereocenters. The van der Waals surface area contributed by atoms with E-state index in [0.29, 0.717) is 5.41 Å². The molecule has 3 rings (SSSR count). The maximum absolute atomic E-state index is 7.65. The van der Waals surface area contributed by atoms with Crippen LogP contribution >= 0.6 is 0 Å². The van der Waals surface area contributed by atoms with Crippen molar-refractivity contribution in [3.63, 3.8) is 0 Å². The number of piperidine rings is 2. The van der Waals surface area contributed by atoms with Gasteiger partial charge in [0.15, 0.2) is 0 Å². The lowest BCUT2D eigenvalue weighted by molar-refractivity contribution is -0.0544. The van der Waals surface area contributed by atoms with Gasteiger partial charge in [0.2, 0.25) is 0 Å². The van der Waals surface area contributed by atoms with Crippen molar-refractivity contribution < 1.29 is 6.15 Å². The van der Waals surface area contributed by atoms with E-state index in [1.807, 2.05) is 0 Å². The number of nitrogens with one attached hydrogen (secondary N) is 1. The molecule has 0 amide bonds. The Morgan fingerprint density at radius 2 is 1.88 bits per heavy atom. The van der Waals surface area contributed by atoms with Crippen molar-refractivity contribution in [1.82, 2.24) is 10.2 Å². The summed E-state index contributed by atoms with van der Waals surface area (Å²) < 4.78 is 12.9. The number of nitrogens with zero attached hydrogens (tertiary/aromatic N) is 1. The highest BCUT2D eigenvalue weighted by Gasteiger charge is 2.36. The molecule has 3 nitrogen and oxygen atoms in total. The summed E-state index contributed by atoms with van der Waals surface area (Å²) >= 11 is 0. The fourth-order valence-corrected chi connectivity index (χ4v) is 3.33. The fraction of sp³-hybridized carbons (Fsp3) is 1.00. The Kier molecular flexibility index (Phi) is 2.86. The minimum Gasteiger partial charge on any atom is -0.381 e. The van der Waals surface area contributed by atoms with Crippen molar-refractivity contribution in [2.24, 2.45) is 11.3 Å². The van der Waals surface area contributed by atoms with Crippen molar-refractivity contribution in [2.75, 3.05) is 45.9 Å². The second-order valence-corrected chi connectivity index (χ2v) is 5.87. The van der Waals surface area contributed by atoms with Gasteiger partial charge >= 0.3 is 0 Å². The topological polar surface area (TPSA) is 24.5 Å². The lowest BCUT2D eigenvalue weighted by atomic mass is 9.71. The lowest BCUT2D eigenvalue weighted by Crippen LogP contribution is -2.48. The number of ether oxygens (including phenoxy) is 1. The highest BCUT2D eigenvalue weighted by molar-refractivity contribution is 4.90. The minimum absolute atomic E-state index is 0.587. The Morgan fingerprint density at radius 1 is 1.19 bits per heavy atom. The third-order valence-electron chi connectivity index (χ3n) is 4.74. The first-order chi connectivity index (χ1) is 8.26. The zero-order valence-corrected chi connectivity index (χ0v) is 10.2. The van der Waals surface area contributed by atoms with E-state index >= 15 is 0 Å². The molecule has 0 saturated carbocycles. The van der Waals surface area contributed by atoms with Crippen molar-refractivity contribution in [3.8, 4) is 0 Å². The Balaban J connectivity index is 1.46. The van der Waals surface area contributed by atoms with Crippen molar-refractivity contribution in [1.29, 1.82) is 0 Å². The molecule has 3 saturated heterocycles. The van der Waals surface area contributed by atoms with Crippen LogP contribution < -0.4 is 5.31 Å². The fourth-order valence-electron chi connectivity index (χ4n) is 3.33. The Labute approximate surface area is 100.0 Å². The smallest absolute Gasteiger partial charge is 0.122 e. The van der Waals surface area contributed by atoms with Crippen LogP contribution in [0.25, 0.3) is 0 Å². The molecule has 0 bridgehead atoms. The van der Waals surface area contributed by atoms with Gasteiger partial charge in [0, 0.05) is 12.5 Å². The van der Waals surface area contributed by atoms with E-state index in [4.69, 9.17) is 6.15 Å². The molecule has 16 heavy (non-hydrogen) atoms. The normalized spacial score (nSPS) is 33.6. The molecule has 0 aromatic heterocycles. The van der Waals surface area contributed by atoms with E-state index in [0.717, 1.165) is 32.2 Å². The molecule has 3 aliphatic rings. The van der Waals surface area contributed by atoms with Crippen LogP contribution in [0.4, 0.5) is 0 Å². The molecule has 1 N–H and O–H groups in total. The van der Waals surface area contributed by atoms with Gasteiger partial charge in [-0.15, -0.1) is 0 Å². The molecule has 3 fully saturated rings. The number of likely N-dealkylation sites (tertiary alicyclic amines) is 1. The van der Waals surface area contributed by atoms with E-state index in [1.165, 1.54) is 45.3 Å². The van der Waals surface area contributed by atoms with Crippen molar-refractivity contribution in [2.45, 2.75) is 25.7 Å². The minimum atomic E-state index is 0.587. The van der Waals surface area contributed by atoms with E-state index in [1.54, 1.807) is 5.31 Å². The predicted octanol–water partition coefficient (Wildman–Crippen LogP) is 1.10. The van der Waals surface area contributed by atoms with Crippen molar-refractivity contribution >= 4 is 0 Å². The first kappa shape index (κ1) is 9.86. The SMILES string of the molecule is [2H]N1CCC2(CC1)CCN(CC1COC1)CC2. The molecule has 3 aliphatic heterocycles. The molecular formula is C13H24N2O. The van der Waals surface area contributed by atoms with Gasteiger partial charge in [-0.2, -0.15) is 0 Å². The van der Waals surface area contributed by atoms with E-state index in [-0.39, 0.29) is 0 Å². The summed E-state index contributed by atoms with van der Waals surface area (Å²) in [5.74, 6) is 0.805. The molecule has 3 heteroatoms. The molecular weight excluding hydrogens is 200 g/mol. The maximum Gasteiger partial charge on any atom is 0.122 e. The van der Waals surface area contributed by atoms with Crippen LogP contribution in [0, 0.1) is 11.3 Å². The van der Waals surface area contributed by atoms with Gasteiger partial charge in [-0.05, 0) is 57.3 Å². The van der Waals surface area contributed by atoms with Gasteiger partial charge in [0.1, 0.15) is 1.41 Å². The molecule has 0 radical (unpaired) electrons. The highest BCUT2D eigenvalue weighted by Crippen LogP contribution is 2.39. The third kappa shape index (κ3) is 2.27. The Hall–Kier alpha value is -0.120. The molecule has 0 unspecified atom stereocenters. The van der Waals surface area contributed by atoms with E-state index in [9.17, 15) is 0 Å². The third-order valence-corrected chi connectivity index (χ3v) is 4.74. The molecule has 0 aliphatic carbocycles. The summed E-state index contributed by atoms with van der Waals surface area (Å²) in [5, 5.41) is 1.74. The van der Waals surface area contributed by atoms with Gasteiger partial charge in [0.05, 0.1) is 13.2 Å². The Bertz CT molecular complexity index is 252. The summed E-state index contributed by atoms with van der Waals surface area (Å²) in [6.07, 6.45) is 5.20. The first-order valence-electron chi connectivity index (χ1n) is 7.24. The van der Waals surface area contributed by atoms with Gasteiger partial charge in [0.25, 0.3) is 0 Å².